The predicted octanol–water partition coefficient (Wildman–Crippen LogP) is 0.604. The largest absolute Gasteiger partial charge is 0.453 e. The van der Waals surface area contributed by atoms with Crippen LogP contribution in [0.5, 0.6) is 0 Å². The minimum atomic E-state index is -0.399. The molecule has 0 aromatic carbocycles. The first kappa shape index (κ1) is 8.76. The molecule has 4 nitrogen and oxygen atoms in total. The average Bonchev–Trinajstić information content (AvgIpc) is 1.98. The van der Waals surface area contributed by atoms with Crippen molar-refractivity contribution in [2.75, 3.05) is 27.2 Å². The summed E-state index contributed by atoms with van der Waals surface area (Å²) >= 11 is 0. The second-order valence-corrected chi connectivity index (χ2v) is 1.77. The summed E-state index contributed by atoms with van der Waals surface area (Å²) in [5.74, 6) is 0. The van der Waals surface area contributed by atoms with Crippen LogP contribution >= 0.6 is 0 Å². The molecule has 10 heavy (non-hydrogen) atoms. The number of nitrogens with zero attached hydrogens (tertiary/aromatic N) is 2. The molecule has 0 bridgehead atoms. The van der Waals surface area contributed by atoms with Crippen molar-refractivity contribution in [3.63, 3.8) is 0 Å². The number of carbonyl (C=O) groups excluding carboxylic acids is 1. The topological polar surface area (TPSA) is 33.9 Å². The maximum absolute atomic E-state index is 10.6. The van der Waals surface area contributed by atoms with Crippen LogP contribution in [0, 0.1) is 6.57 Å². The van der Waals surface area contributed by atoms with Gasteiger partial charge in [-0.05, 0) is 0 Å². The van der Waals surface area contributed by atoms with Crippen molar-refractivity contribution < 1.29 is 9.53 Å². The van der Waals surface area contributed by atoms with Gasteiger partial charge in [0.25, 0.3) is 0 Å². The van der Waals surface area contributed by atoms with Gasteiger partial charge in [-0.15, -0.1) is 0 Å². The Morgan fingerprint density at radius 2 is 2.40 bits per heavy atom. The lowest BCUT2D eigenvalue weighted by molar-refractivity contribution is 0.135. The lowest BCUT2D eigenvalue weighted by atomic mass is 10.6. The number of rotatable bonds is 2. The fraction of sp³-hybridized carbons (Fsp3) is 0.667. The minimum absolute atomic E-state index is 0.325. The first-order valence-corrected chi connectivity index (χ1v) is 2.84. The van der Waals surface area contributed by atoms with Gasteiger partial charge in [-0.25, -0.2) is 11.4 Å². The number of hydrogen-bond donors (Lipinski definition) is 0. The molecule has 0 heterocycles. The molecular weight excluding hydrogens is 132 g/mol. The molecule has 0 radical (unpaired) electrons. The predicted molar refractivity (Wildman–Crippen MR) is 36.5 cm³/mol. The number of methoxy groups -OCH3 is 1. The van der Waals surface area contributed by atoms with E-state index in [1.54, 1.807) is 7.05 Å². The van der Waals surface area contributed by atoms with E-state index < -0.39 is 6.09 Å². The summed E-state index contributed by atoms with van der Waals surface area (Å²) in [6.45, 7) is 7.19. The van der Waals surface area contributed by atoms with Gasteiger partial charge in [-0.2, -0.15) is 0 Å². The molecule has 1 amide bonds. The van der Waals surface area contributed by atoms with Crippen molar-refractivity contribution in [2.45, 2.75) is 0 Å². The molecule has 0 saturated heterocycles. The normalized spacial score (nSPS) is 8.10. The van der Waals surface area contributed by atoms with E-state index in [0.717, 1.165) is 0 Å². The summed E-state index contributed by atoms with van der Waals surface area (Å²) in [6.07, 6.45) is -0.399. The van der Waals surface area contributed by atoms with E-state index in [4.69, 9.17) is 6.57 Å². The molecule has 56 valence electrons. The van der Waals surface area contributed by atoms with Crippen LogP contribution in [0.3, 0.4) is 0 Å². The maximum atomic E-state index is 10.6. The van der Waals surface area contributed by atoms with Crippen molar-refractivity contribution in [3.8, 4) is 0 Å². The van der Waals surface area contributed by atoms with Gasteiger partial charge >= 0.3 is 6.09 Å². The van der Waals surface area contributed by atoms with Gasteiger partial charge in [-0.1, -0.05) is 0 Å². The average molecular weight is 142 g/mol. The number of amides is 1. The van der Waals surface area contributed by atoms with Crippen LogP contribution < -0.4 is 0 Å². The molecule has 0 atom stereocenters. The molecule has 0 aliphatic carbocycles. The molecule has 0 aliphatic rings. The van der Waals surface area contributed by atoms with Gasteiger partial charge in [-0.3, -0.25) is 0 Å². The van der Waals surface area contributed by atoms with Crippen LogP contribution in [0.1, 0.15) is 0 Å². The summed E-state index contributed by atoms with van der Waals surface area (Å²) in [5.41, 5.74) is 0. The van der Waals surface area contributed by atoms with Crippen LogP contribution in [-0.2, 0) is 4.74 Å². The number of likely N-dealkylation sites (N-methyl/N-ethyl adjacent to an activating group) is 1. The van der Waals surface area contributed by atoms with Crippen molar-refractivity contribution >= 4 is 6.09 Å². The van der Waals surface area contributed by atoms with Crippen molar-refractivity contribution in [3.05, 3.63) is 11.4 Å². The smallest absolute Gasteiger partial charge is 0.409 e. The van der Waals surface area contributed by atoms with Crippen LogP contribution in [0.15, 0.2) is 0 Å². The molecule has 0 fully saturated rings. The van der Waals surface area contributed by atoms with Gasteiger partial charge in [0.05, 0.1) is 13.7 Å². The highest BCUT2D eigenvalue weighted by molar-refractivity contribution is 5.66. The summed E-state index contributed by atoms with van der Waals surface area (Å²) in [7, 11) is 2.91. The molecule has 0 rings (SSSR count). The van der Waals surface area contributed by atoms with Crippen LogP contribution in [0.2, 0.25) is 0 Å². The Hall–Kier alpha value is -1.24. The quantitative estimate of drug-likeness (QED) is 0.529. The van der Waals surface area contributed by atoms with E-state index in [0.29, 0.717) is 13.1 Å². The number of carbonyl (C=O) groups is 1. The van der Waals surface area contributed by atoms with E-state index in [1.165, 1.54) is 12.0 Å². The second kappa shape index (κ2) is 4.62. The molecular formula is C6H10N2O2. The first-order chi connectivity index (χ1) is 4.72. The highest BCUT2D eigenvalue weighted by Gasteiger charge is 2.07. The van der Waals surface area contributed by atoms with Gasteiger partial charge in [0.15, 0.2) is 0 Å². The molecule has 0 spiro atoms. The molecule has 0 aromatic rings. The van der Waals surface area contributed by atoms with E-state index in [-0.39, 0.29) is 0 Å². The standard InChI is InChI=1S/C6H10N2O2/c1-7-4-5-8(2)6(9)10-3/h4-5H2,2-3H3. The van der Waals surface area contributed by atoms with E-state index in [9.17, 15) is 4.79 Å². The van der Waals surface area contributed by atoms with Crippen molar-refractivity contribution in [2.24, 2.45) is 0 Å². The molecule has 4 heteroatoms. The first-order valence-electron chi connectivity index (χ1n) is 2.84. The third-order valence-electron chi connectivity index (χ3n) is 1.03. The van der Waals surface area contributed by atoms with E-state index >= 15 is 0 Å². The molecule has 0 N–H and O–H groups in total. The van der Waals surface area contributed by atoms with Crippen molar-refractivity contribution in [1.29, 1.82) is 0 Å². The Bertz CT molecular complexity index is 150. The fourth-order valence-electron chi connectivity index (χ4n) is 0.447. The zero-order valence-corrected chi connectivity index (χ0v) is 6.13. The maximum Gasteiger partial charge on any atom is 0.409 e. The zero-order valence-electron chi connectivity index (χ0n) is 6.13. The van der Waals surface area contributed by atoms with Gasteiger partial charge < -0.3 is 14.5 Å². The van der Waals surface area contributed by atoms with Crippen LogP contribution in [0.4, 0.5) is 4.79 Å². The zero-order chi connectivity index (χ0) is 7.98. The van der Waals surface area contributed by atoms with Gasteiger partial charge in [0.2, 0.25) is 6.54 Å². The fourth-order valence-corrected chi connectivity index (χ4v) is 0.447. The highest BCUT2D eigenvalue weighted by atomic mass is 16.5. The number of hydrogen-bond acceptors (Lipinski definition) is 2. The van der Waals surface area contributed by atoms with Crippen molar-refractivity contribution in [1.82, 2.24) is 4.90 Å². The third-order valence-corrected chi connectivity index (χ3v) is 1.03. The summed E-state index contributed by atoms with van der Waals surface area (Å²) in [5, 5.41) is 0. The van der Waals surface area contributed by atoms with Gasteiger partial charge in [0.1, 0.15) is 0 Å². The van der Waals surface area contributed by atoms with Crippen LogP contribution in [0.25, 0.3) is 4.85 Å². The Balaban J connectivity index is 3.53. The summed E-state index contributed by atoms with van der Waals surface area (Å²) in [4.78, 5) is 15.1. The lowest BCUT2D eigenvalue weighted by Gasteiger charge is -2.10. The molecule has 0 aromatic heterocycles. The molecule has 0 unspecified atom stereocenters. The summed E-state index contributed by atoms with van der Waals surface area (Å²) < 4.78 is 4.39. The van der Waals surface area contributed by atoms with Crippen LogP contribution in [-0.4, -0.2) is 38.2 Å². The number of ether oxygens (including phenoxy) is 1. The lowest BCUT2D eigenvalue weighted by Crippen LogP contribution is -2.28. The minimum Gasteiger partial charge on any atom is -0.453 e. The Kier molecular flexibility index (Phi) is 4.05. The highest BCUT2D eigenvalue weighted by Crippen LogP contribution is 1.86. The second-order valence-electron chi connectivity index (χ2n) is 1.77. The van der Waals surface area contributed by atoms with Gasteiger partial charge in [0, 0.05) is 7.05 Å². The van der Waals surface area contributed by atoms with E-state index in [1.807, 2.05) is 0 Å². The Morgan fingerprint density at radius 3 is 2.80 bits per heavy atom. The van der Waals surface area contributed by atoms with E-state index in [2.05, 4.69) is 9.58 Å². The third kappa shape index (κ3) is 2.92. The SMILES string of the molecule is [C-]#[N+]CCN(C)C(=O)OC. The Morgan fingerprint density at radius 1 is 1.80 bits per heavy atom. The Labute approximate surface area is 60.2 Å². The molecule has 0 saturated carbocycles. The summed E-state index contributed by atoms with van der Waals surface area (Å²) in [6, 6.07) is 0. The monoisotopic (exact) mass is 142 g/mol. The molecule has 0 aliphatic heterocycles.